The molecule has 1 saturated heterocycles. The van der Waals surface area contributed by atoms with Gasteiger partial charge in [0, 0.05) is 69.1 Å². The lowest BCUT2D eigenvalue weighted by atomic mass is 9.79. The molecule has 0 bridgehead atoms. The van der Waals surface area contributed by atoms with Gasteiger partial charge in [0.15, 0.2) is 0 Å². The largest absolute Gasteiger partial charge is 0.508 e. The van der Waals surface area contributed by atoms with Crippen LogP contribution in [0.15, 0.2) is 54.7 Å². The number of hydrogen-bond acceptors (Lipinski definition) is 9. The number of carbonyl (C=O) groups is 4. The minimum atomic E-state index is -1.51. The zero-order valence-corrected chi connectivity index (χ0v) is 30.5. The second-order valence-electron chi connectivity index (χ2n) is 14.4. The summed E-state index contributed by atoms with van der Waals surface area (Å²) in [7, 11) is 0. The molecular weight excluding hydrogens is 709 g/mol. The number of phenolic OH excluding ortho intramolecular Hbond substituents is 1. The summed E-state index contributed by atoms with van der Waals surface area (Å²) in [6.45, 7) is 6.57. The van der Waals surface area contributed by atoms with E-state index in [1.807, 2.05) is 6.07 Å². The molecule has 290 valence electrons. The van der Waals surface area contributed by atoms with Gasteiger partial charge >= 0.3 is 6.09 Å². The summed E-state index contributed by atoms with van der Waals surface area (Å²) in [5.41, 5.74) is 0.205. The van der Waals surface area contributed by atoms with Crippen molar-refractivity contribution in [3.05, 3.63) is 83.3 Å². The van der Waals surface area contributed by atoms with Crippen molar-refractivity contribution < 1.29 is 47.3 Å². The third kappa shape index (κ3) is 9.46. The molecule has 2 aliphatic heterocycles. The Hall–Kier alpha value is -5.22. The number of nitrogens with zero attached hydrogens (tertiary/aromatic N) is 4. The fourth-order valence-electron chi connectivity index (χ4n) is 6.85. The van der Waals surface area contributed by atoms with Crippen molar-refractivity contribution in [2.45, 2.75) is 59.0 Å². The zero-order valence-electron chi connectivity index (χ0n) is 30.5. The number of hydrogen-bond donors (Lipinski definition) is 4. The first-order chi connectivity index (χ1) is 25.5. The van der Waals surface area contributed by atoms with E-state index in [4.69, 9.17) is 9.72 Å². The summed E-state index contributed by atoms with van der Waals surface area (Å²) in [4.78, 5) is 57.4. The number of ether oxygens (including phenoxy) is 1. The van der Waals surface area contributed by atoms with Gasteiger partial charge in [-0.1, -0.05) is 19.9 Å². The van der Waals surface area contributed by atoms with Crippen molar-refractivity contribution in [2.75, 3.05) is 39.3 Å². The van der Waals surface area contributed by atoms with Crippen molar-refractivity contribution in [1.29, 1.82) is 0 Å². The van der Waals surface area contributed by atoms with Gasteiger partial charge in [0.2, 0.25) is 0 Å². The monoisotopic (exact) mass is 754 g/mol. The predicted molar refractivity (Wildman–Crippen MR) is 191 cm³/mol. The van der Waals surface area contributed by atoms with Crippen LogP contribution in [0.1, 0.15) is 50.2 Å². The number of aliphatic hydroxyl groups is 1. The number of aryl methyl sites for hydroxylation is 1. The molecule has 1 aromatic heterocycles. The zero-order chi connectivity index (χ0) is 39.3. The number of rotatable bonds is 15. The maximum absolute atomic E-state index is 15.2. The topological polar surface area (TPSA) is 166 Å². The minimum absolute atomic E-state index is 0.000653. The lowest BCUT2D eigenvalue weighted by molar-refractivity contribution is -0.146. The molecule has 54 heavy (non-hydrogen) atoms. The normalized spacial score (nSPS) is 18.3. The van der Waals surface area contributed by atoms with Gasteiger partial charge in [-0.2, -0.15) is 0 Å². The van der Waals surface area contributed by atoms with Crippen LogP contribution >= 0.6 is 0 Å². The Morgan fingerprint density at radius 1 is 1.13 bits per heavy atom. The van der Waals surface area contributed by atoms with E-state index in [9.17, 15) is 33.8 Å². The first-order valence-electron chi connectivity index (χ1n) is 17.6. The van der Waals surface area contributed by atoms with Gasteiger partial charge in [0.1, 0.15) is 35.5 Å². The van der Waals surface area contributed by atoms with Gasteiger partial charge in [-0.15, -0.1) is 0 Å². The number of imide groups is 1. The van der Waals surface area contributed by atoms with E-state index in [0.29, 0.717) is 5.56 Å². The van der Waals surface area contributed by atoms with Crippen LogP contribution in [0.2, 0.25) is 0 Å². The van der Waals surface area contributed by atoms with Gasteiger partial charge in [-0.05, 0) is 67.1 Å². The number of aliphatic hydroxyl groups excluding tert-OH is 1. The van der Waals surface area contributed by atoms with Gasteiger partial charge in [-0.25, -0.2) is 22.9 Å². The minimum Gasteiger partial charge on any atom is -0.508 e. The highest BCUT2D eigenvalue weighted by molar-refractivity contribution is 6.12. The Morgan fingerprint density at radius 3 is 2.50 bits per heavy atom. The maximum atomic E-state index is 15.2. The van der Waals surface area contributed by atoms with Crippen molar-refractivity contribution in [2.24, 2.45) is 11.3 Å². The van der Waals surface area contributed by atoms with Crippen LogP contribution in [0.5, 0.6) is 5.75 Å². The van der Waals surface area contributed by atoms with Crippen molar-refractivity contribution >= 4 is 23.8 Å². The summed E-state index contributed by atoms with van der Waals surface area (Å²) in [6, 6.07) is 6.81. The van der Waals surface area contributed by atoms with E-state index in [0.717, 1.165) is 40.8 Å². The predicted octanol–water partition coefficient (Wildman–Crippen LogP) is 3.77. The van der Waals surface area contributed by atoms with Crippen LogP contribution in [-0.4, -0.2) is 105 Å². The van der Waals surface area contributed by atoms with Crippen LogP contribution in [0.3, 0.4) is 0 Å². The molecule has 4 atom stereocenters. The molecule has 16 heteroatoms. The molecule has 4 unspecified atom stereocenters. The van der Waals surface area contributed by atoms with E-state index in [2.05, 4.69) is 10.6 Å². The van der Waals surface area contributed by atoms with Gasteiger partial charge < -0.3 is 35.1 Å². The first-order valence-corrected chi connectivity index (χ1v) is 17.6. The molecule has 4 N–H and O–H groups in total. The second-order valence-corrected chi connectivity index (χ2v) is 14.4. The Bertz CT molecular complexity index is 1880. The number of alkyl carbamates (subject to hydrolysis) is 1. The number of benzene rings is 2. The highest BCUT2D eigenvalue weighted by atomic mass is 19.1. The molecule has 4 amide bonds. The van der Waals surface area contributed by atoms with Gasteiger partial charge in [0.25, 0.3) is 17.7 Å². The van der Waals surface area contributed by atoms with E-state index < -0.39 is 65.1 Å². The lowest BCUT2D eigenvalue weighted by Crippen LogP contribution is -2.50. The van der Waals surface area contributed by atoms with Crippen LogP contribution in [0.4, 0.5) is 18.0 Å². The molecule has 0 radical (unpaired) electrons. The van der Waals surface area contributed by atoms with E-state index in [-0.39, 0.29) is 75.1 Å². The Kier molecular flexibility index (Phi) is 12.5. The Labute approximate surface area is 310 Å². The average molecular weight is 755 g/mol. The standard InChI is InChI=1S/C38H45F3N6O7/c1-22-13-24(15-27(49)14-22)19-45-21-31(28-16-26(39)5-6-29(28)40)44-35(45)34(47(36(52)23(2)48)20-25-17-42-18-30(25)41)38(3,4)9-12-54-37(53)43-10-11-46-32(50)7-8-33(46)51/h5-8,13-16,21,23,25,30,34,42,48-49H,9-12,17-20H2,1-4H3,(H,43,53). The molecular formula is C38H45F3N6O7. The number of aromatic nitrogens is 2. The highest BCUT2D eigenvalue weighted by Gasteiger charge is 2.44. The van der Waals surface area contributed by atoms with Gasteiger partial charge in [-0.3, -0.25) is 19.3 Å². The summed E-state index contributed by atoms with van der Waals surface area (Å²) >= 11 is 0. The number of phenols is 1. The summed E-state index contributed by atoms with van der Waals surface area (Å²) in [6.07, 6.45) is 0.216. The van der Waals surface area contributed by atoms with E-state index in [1.54, 1.807) is 31.4 Å². The highest BCUT2D eigenvalue weighted by Crippen LogP contribution is 2.43. The summed E-state index contributed by atoms with van der Waals surface area (Å²) in [5, 5.41) is 26.6. The van der Waals surface area contributed by atoms with Crippen LogP contribution in [0.25, 0.3) is 11.3 Å². The SMILES string of the molecule is Cc1cc(O)cc(Cn2cc(-c3cc(F)ccc3F)nc2C(N(CC2CNCC2F)C(=O)C(C)O)C(C)(C)CCOC(=O)NCCN2C(=O)C=CC2=O)c1. The smallest absolute Gasteiger partial charge is 0.407 e. The van der Waals surface area contributed by atoms with Gasteiger partial charge in [0.05, 0.1) is 18.3 Å². The molecule has 2 aromatic carbocycles. The van der Waals surface area contributed by atoms with E-state index in [1.165, 1.54) is 24.1 Å². The Balaban J connectivity index is 1.52. The molecule has 3 heterocycles. The summed E-state index contributed by atoms with van der Waals surface area (Å²) in [5.74, 6) is -3.64. The average Bonchev–Trinajstić information content (AvgIpc) is 3.79. The molecule has 5 rings (SSSR count). The van der Waals surface area contributed by atoms with E-state index >= 15 is 8.78 Å². The number of alkyl halides is 1. The molecule has 3 aromatic rings. The molecule has 13 nitrogen and oxygen atoms in total. The number of imidazole rings is 1. The number of carbonyl (C=O) groups excluding carboxylic acids is 4. The number of aromatic hydroxyl groups is 1. The van der Waals surface area contributed by atoms with Crippen LogP contribution in [-0.2, 0) is 25.7 Å². The third-order valence-corrected chi connectivity index (χ3v) is 9.60. The number of halogens is 3. The number of amides is 4. The maximum Gasteiger partial charge on any atom is 0.407 e. The fraction of sp³-hybridized carbons (Fsp3) is 0.447. The lowest BCUT2D eigenvalue weighted by Gasteiger charge is -2.43. The van der Waals surface area contributed by atoms with Crippen molar-refractivity contribution in [3.8, 4) is 17.0 Å². The molecule has 0 spiro atoms. The third-order valence-electron chi connectivity index (χ3n) is 9.60. The molecule has 1 fully saturated rings. The van der Waals surface area contributed by atoms with Crippen molar-refractivity contribution in [1.82, 2.24) is 30.0 Å². The fourth-order valence-corrected chi connectivity index (χ4v) is 6.85. The van der Waals surface area contributed by atoms with Crippen LogP contribution < -0.4 is 10.6 Å². The molecule has 2 aliphatic rings. The summed E-state index contributed by atoms with van der Waals surface area (Å²) < 4.78 is 52.0. The molecule has 0 aliphatic carbocycles. The molecule has 0 saturated carbocycles. The first kappa shape index (κ1) is 40.0. The quantitative estimate of drug-likeness (QED) is 0.169. The second kappa shape index (κ2) is 16.8. The van der Waals surface area contributed by atoms with Crippen molar-refractivity contribution in [3.63, 3.8) is 0 Å². The van der Waals surface area contributed by atoms with Crippen LogP contribution in [0, 0.1) is 29.9 Å². The number of nitrogens with one attached hydrogen (secondary N) is 2. The Morgan fingerprint density at radius 2 is 1.85 bits per heavy atom.